The third-order valence-electron chi connectivity index (χ3n) is 21.8. The fraction of sp³-hybridized carbons (Fsp3) is 0.0208. The number of para-hydroxylation sites is 4. The van der Waals surface area contributed by atoms with Crippen LogP contribution in [-0.4, -0.2) is 9.13 Å². The van der Waals surface area contributed by atoms with Gasteiger partial charge in [-0.25, -0.2) is 0 Å². The highest BCUT2D eigenvalue weighted by atomic mass is 16.3. The first-order valence-electron chi connectivity index (χ1n) is 35.3. The molecule has 0 atom stereocenters. The number of furan rings is 2. The van der Waals surface area contributed by atoms with Crippen molar-refractivity contribution in [3.05, 3.63) is 340 Å². The van der Waals surface area contributed by atoms with Crippen LogP contribution in [0.3, 0.4) is 0 Å². The molecule has 21 aromatic rings. The molecule has 0 spiro atoms. The maximum atomic E-state index is 6.50. The molecule has 0 aliphatic heterocycles. The van der Waals surface area contributed by atoms with Gasteiger partial charge in [-0.05, 0) is 199 Å². The summed E-state index contributed by atoms with van der Waals surface area (Å²) >= 11 is 0. The molecule has 4 heterocycles. The Morgan fingerprint density at radius 3 is 1.44 bits per heavy atom. The molecule has 6 heteroatoms. The van der Waals surface area contributed by atoms with E-state index in [1.165, 1.54) is 103 Å². The Kier molecular flexibility index (Phi) is 12.2. The second kappa shape index (κ2) is 22.0. The van der Waals surface area contributed by atoms with Crippen LogP contribution in [-0.2, 0) is 0 Å². The molecule has 0 saturated carbocycles. The van der Waals surface area contributed by atoms with Gasteiger partial charge < -0.3 is 27.8 Å². The van der Waals surface area contributed by atoms with E-state index in [2.05, 4.69) is 347 Å². The van der Waals surface area contributed by atoms with Gasteiger partial charge in [0.15, 0.2) is 0 Å². The lowest BCUT2D eigenvalue weighted by atomic mass is 9.91. The Hall–Kier alpha value is -13.4. The number of anilines is 6. The zero-order valence-corrected chi connectivity index (χ0v) is 55.4. The van der Waals surface area contributed by atoms with Crippen LogP contribution < -0.4 is 9.80 Å². The van der Waals surface area contributed by atoms with Crippen molar-refractivity contribution >= 4 is 192 Å². The highest BCUT2D eigenvalue weighted by Crippen LogP contribution is 2.52. The van der Waals surface area contributed by atoms with Crippen LogP contribution in [0.2, 0.25) is 0 Å². The van der Waals surface area contributed by atoms with Crippen LogP contribution in [0.4, 0.5) is 34.1 Å². The number of hydrogen-bond donors (Lipinski definition) is 0. The van der Waals surface area contributed by atoms with Crippen molar-refractivity contribution in [1.29, 1.82) is 0 Å². The summed E-state index contributed by atoms with van der Waals surface area (Å²) in [6.45, 7) is 0. The van der Waals surface area contributed by atoms with E-state index in [1.807, 2.05) is 12.1 Å². The van der Waals surface area contributed by atoms with Crippen molar-refractivity contribution in [3.63, 3.8) is 0 Å². The van der Waals surface area contributed by atoms with E-state index in [0.717, 1.165) is 119 Å². The normalized spacial score (nSPS) is 12.8. The largest absolute Gasteiger partial charge is 0.456 e. The number of benzene rings is 17. The fourth-order valence-corrected chi connectivity index (χ4v) is 17.4. The summed E-state index contributed by atoms with van der Waals surface area (Å²) in [6.07, 6.45) is 9.04. The number of hydrogen-bond acceptors (Lipinski definition) is 4. The van der Waals surface area contributed by atoms with E-state index in [9.17, 15) is 0 Å². The SMILES string of the molecule is C1=CC(n2c3ccccc3c3c(N(c4ccc5oc6ccccc6c5c4)c4cc5ccc6c(-c7ccc(-n8c9ccccc9c9cc(N(c%10ccc%11oc%12ccccc%12c%11c%10)c%10cc%11ccc%12ccccc%12c%11c%11ccccc%10%11)ccc98)cc7)cccc6c5c5ccccc45)cccc32)=CCC1. The van der Waals surface area contributed by atoms with Crippen LogP contribution >= 0.6 is 0 Å². The van der Waals surface area contributed by atoms with Crippen molar-refractivity contribution in [3.8, 4) is 16.8 Å². The summed E-state index contributed by atoms with van der Waals surface area (Å²) in [5, 5.41) is 23.6. The summed E-state index contributed by atoms with van der Waals surface area (Å²) in [5.74, 6) is 0. The molecule has 22 rings (SSSR count). The standard InChI is InChI=1S/C96H60N4O2/c1-2-21-63(22-3-1)99-84-35-15-11-31-79(84)96-86(99)36-19-37-87(96)100(67-49-53-93-82(58-67)75-28-13-17-39-91(75)102-93)89-55-62-44-50-70-68(32-18-33-76(70)95(62)78-30-9-7-25-72(78)89)60-42-45-64(46-43-60)98-83-34-14-10-26-73(83)80-56-65(47-51-85(80)98)97(66-48-52-92-81(57-66)74-27-12-16-38-90(74)101-92)88-54-61-41-40-59-20-4-5-23-69(59)94(61)77-29-8-6-24-71(77)88/h2,4-58H,1,3H2. The number of aromatic nitrogens is 2. The molecule has 102 heavy (non-hydrogen) atoms. The third-order valence-corrected chi connectivity index (χ3v) is 21.8. The molecule has 4 aromatic heterocycles. The van der Waals surface area contributed by atoms with Crippen molar-refractivity contribution in [2.24, 2.45) is 0 Å². The van der Waals surface area contributed by atoms with Gasteiger partial charge in [0.1, 0.15) is 22.3 Å². The smallest absolute Gasteiger partial charge is 0.135 e. The zero-order valence-electron chi connectivity index (χ0n) is 55.4. The zero-order chi connectivity index (χ0) is 66.7. The molecule has 1 aliphatic rings. The Bertz CT molecular complexity index is 7220. The summed E-state index contributed by atoms with van der Waals surface area (Å²) in [7, 11) is 0. The average molecular weight is 1300 g/mol. The van der Waals surface area contributed by atoms with Gasteiger partial charge in [0.25, 0.3) is 0 Å². The molecule has 0 radical (unpaired) electrons. The van der Waals surface area contributed by atoms with E-state index in [4.69, 9.17) is 8.83 Å². The minimum atomic E-state index is 0.866. The van der Waals surface area contributed by atoms with Crippen LogP contribution in [0, 0.1) is 0 Å². The van der Waals surface area contributed by atoms with Gasteiger partial charge in [0.05, 0.1) is 39.1 Å². The van der Waals surface area contributed by atoms with E-state index in [1.54, 1.807) is 0 Å². The average Bonchev–Trinajstić information content (AvgIpc) is 1.37. The van der Waals surface area contributed by atoms with Gasteiger partial charge in [0, 0.05) is 82.3 Å². The van der Waals surface area contributed by atoms with Crippen LogP contribution in [0.1, 0.15) is 12.8 Å². The summed E-state index contributed by atoms with van der Waals surface area (Å²) in [5.41, 5.74) is 19.3. The second-order valence-electron chi connectivity index (χ2n) is 27.3. The van der Waals surface area contributed by atoms with Gasteiger partial charge in [-0.3, -0.25) is 0 Å². The molecule has 0 saturated heterocycles. The number of allylic oxidation sites excluding steroid dienone is 4. The quantitative estimate of drug-likeness (QED) is 0.135. The maximum Gasteiger partial charge on any atom is 0.135 e. The fourth-order valence-electron chi connectivity index (χ4n) is 17.4. The topological polar surface area (TPSA) is 42.6 Å². The van der Waals surface area contributed by atoms with E-state index in [0.29, 0.717) is 0 Å². The second-order valence-corrected chi connectivity index (χ2v) is 27.3. The summed E-state index contributed by atoms with van der Waals surface area (Å²) < 4.78 is 17.8. The maximum absolute atomic E-state index is 6.50. The third kappa shape index (κ3) is 8.41. The minimum absolute atomic E-state index is 0.866. The molecule has 0 N–H and O–H groups in total. The van der Waals surface area contributed by atoms with Gasteiger partial charge in [-0.2, -0.15) is 0 Å². The lowest BCUT2D eigenvalue weighted by Crippen LogP contribution is -2.11. The highest BCUT2D eigenvalue weighted by Gasteiger charge is 2.27. The van der Waals surface area contributed by atoms with E-state index in [-0.39, 0.29) is 0 Å². The monoisotopic (exact) mass is 1300 g/mol. The molecule has 0 bridgehead atoms. The van der Waals surface area contributed by atoms with E-state index < -0.39 is 0 Å². The summed E-state index contributed by atoms with van der Waals surface area (Å²) in [4.78, 5) is 4.97. The molecule has 6 nitrogen and oxygen atoms in total. The minimum Gasteiger partial charge on any atom is -0.456 e. The Morgan fingerprint density at radius 1 is 0.265 bits per heavy atom. The predicted molar refractivity (Wildman–Crippen MR) is 431 cm³/mol. The molecular weight excluding hydrogens is 1240 g/mol. The summed E-state index contributed by atoms with van der Waals surface area (Å²) in [6, 6.07) is 119. The van der Waals surface area contributed by atoms with Crippen LogP contribution in [0.15, 0.2) is 349 Å². The number of fused-ring (bicyclic) bond motifs is 22. The van der Waals surface area contributed by atoms with Gasteiger partial charge in [0.2, 0.25) is 0 Å². The van der Waals surface area contributed by atoms with E-state index >= 15 is 0 Å². The molecule has 0 unspecified atom stereocenters. The first-order chi connectivity index (χ1) is 50.6. The predicted octanol–water partition coefficient (Wildman–Crippen LogP) is 27.4. The Balaban J connectivity index is 0.685. The van der Waals surface area contributed by atoms with Crippen LogP contribution in [0.5, 0.6) is 0 Å². The van der Waals surface area contributed by atoms with Crippen molar-refractivity contribution < 1.29 is 8.83 Å². The van der Waals surface area contributed by atoms with Crippen molar-refractivity contribution in [1.82, 2.24) is 9.13 Å². The molecule has 17 aromatic carbocycles. The van der Waals surface area contributed by atoms with Gasteiger partial charge in [-0.15, -0.1) is 0 Å². The van der Waals surface area contributed by atoms with Crippen LogP contribution in [0.25, 0.3) is 175 Å². The Morgan fingerprint density at radius 2 is 0.755 bits per heavy atom. The van der Waals surface area contributed by atoms with Crippen molar-refractivity contribution in [2.45, 2.75) is 12.8 Å². The molecule has 0 amide bonds. The lowest BCUT2D eigenvalue weighted by Gasteiger charge is -2.29. The van der Waals surface area contributed by atoms with Gasteiger partial charge >= 0.3 is 0 Å². The molecule has 476 valence electrons. The molecule has 0 fully saturated rings. The highest BCUT2D eigenvalue weighted by molar-refractivity contribution is 6.28. The first-order valence-corrected chi connectivity index (χ1v) is 35.3. The molecular formula is C96H60N4O2. The van der Waals surface area contributed by atoms with Gasteiger partial charge in [-0.1, -0.05) is 218 Å². The molecule has 1 aliphatic carbocycles. The number of nitrogens with zero attached hydrogens (tertiary/aromatic N) is 4. The lowest BCUT2D eigenvalue weighted by molar-refractivity contribution is 0.668. The number of rotatable bonds is 9. The van der Waals surface area contributed by atoms with Crippen molar-refractivity contribution in [2.75, 3.05) is 9.80 Å². The first kappa shape index (κ1) is 56.6. The Labute approximate surface area is 585 Å².